The lowest BCUT2D eigenvalue weighted by Crippen LogP contribution is -1.82. The van der Waals surface area contributed by atoms with Gasteiger partial charge in [0.25, 0.3) is 0 Å². The van der Waals surface area contributed by atoms with Crippen molar-refractivity contribution in [2.45, 2.75) is 18.9 Å². The molecule has 1 aliphatic heterocycles. The minimum absolute atomic E-state index is 0.713. The zero-order chi connectivity index (χ0) is 3.98. The van der Waals surface area contributed by atoms with E-state index in [0.717, 1.165) is 12.5 Å². The summed E-state index contributed by atoms with van der Waals surface area (Å²) in [5, 5.41) is 0. The standard InChI is InChI=1S/C5H8O/c1-2-4(1)5-3-6-5/h4-5H,1-3H2. The molecule has 0 aromatic heterocycles. The molecule has 1 atom stereocenters. The molecule has 0 spiro atoms. The van der Waals surface area contributed by atoms with Crippen LogP contribution < -0.4 is 0 Å². The van der Waals surface area contributed by atoms with Gasteiger partial charge in [0, 0.05) is 0 Å². The fourth-order valence-electron chi connectivity index (χ4n) is 0.796. The van der Waals surface area contributed by atoms with Gasteiger partial charge >= 0.3 is 0 Å². The minimum atomic E-state index is 0.713. The molecular formula is C5H8O. The van der Waals surface area contributed by atoms with Crippen molar-refractivity contribution in [1.82, 2.24) is 0 Å². The van der Waals surface area contributed by atoms with E-state index in [2.05, 4.69) is 0 Å². The lowest BCUT2D eigenvalue weighted by atomic mass is 10.3. The van der Waals surface area contributed by atoms with Crippen LogP contribution in [0.1, 0.15) is 12.8 Å². The summed E-state index contributed by atoms with van der Waals surface area (Å²) in [5.74, 6) is 0.991. The molecule has 0 amide bonds. The van der Waals surface area contributed by atoms with Crippen LogP contribution in [-0.2, 0) is 4.74 Å². The van der Waals surface area contributed by atoms with Crippen LogP contribution in [0.3, 0.4) is 0 Å². The van der Waals surface area contributed by atoms with Crippen molar-refractivity contribution < 1.29 is 4.74 Å². The van der Waals surface area contributed by atoms with Crippen LogP contribution in [0, 0.1) is 5.92 Å². The first-order valence-electron chi connectivity index (χ1n) is 2.58. The molecule has 1 saturated heterocycles. The van der Waals surface area contributed by atoms with Gasteiger partial charge in [0.2, 0.25) is 0 Å². The number of epoxide rings is 1. The topological polar surface area (TPSA) is 12.5 Å². The number of hydrogen-bond acceptors (Lipinski definition) is 1. The molecule has 0 aromatic carbocycles. The van der Waals surface area contributed by atoms with E-state index in [4.69, 9.17) is 4.74 Å². The predicted molar refractivity (Wildman–Crippen MR) is 22.5 cm³/mol. The molecular weight excluding hydrogens is 76.1 g/mol. The Hall–Kier alpha value is -0.0400. The van der Waals surface area contributed by atoms with E-state index in [1.54, 1.807) is 0 Å². The Morgan fingerprint density at radius 3 is 2.17 bits per heavy atom. The van der Waals surface area contributed by atoms with Gasteiger partial charge in [0.1, 0.15) is 0 Å². The van der Waals surface area contributed by atoms with Crippen molar-refractivity contribution in [1.29, 1.82) is 0 Å². The number of ether oxygens (including phenoxy) is 1. The van der Waals surface area contributed by atoms with Crippen molar-refractivity contribution >= 4 is 0 Å². The fraction of sp³-hybridized carbons (Fsp3) is 1.00. The van der Waals surface area contributed by atoms with Crippen LogP contribution >= 0.6 is 0 Å². The summed E-state index contributed by atoms with van der Waals surface area (Å²) in [4.78, 5) is 0. The maximum atomic E-state index is 5.03. The summed E-state index contributed by atoms with van der Waals surface area (Å²) in [7, 11) is 0. The Morgan fingerprint density at radius 1 is 1.33 bits per heavy atom. The summed E-state index contributed by atoms with van der Waals surface area (Å²) in [6.07, 6.45) is 3.58. The van der Waals surface area contributed by atoms with Crippen molar-refractivity contribution in [2.75, 3.05) is 6.61 Å². The van der Waals surface area contributed by atoms with E-state index < -0.39 is 0 Å². The molecule has 1 heteroatoms. The summed E-state index contributed by atoms with van der Waals surface area (Å²) < 4.78 is 5.03. The Labute approximate surface area is 37.3 Å². The quantitative estimate of drug-likeness (QED) is 0.428. The highest BCUT2D eigenvalue weighted by molar-refractivity contribution is 4.88. The molecule has 2 fully saturated rings. The van der Waals surface area contributed by atoms with E-state index in [9.17, 15) is 0 Å². The SMILES string of the molecule is C1CC1C1CO1. The van der Waals surface area contributed by atoms with E-state index >= 15 is 0 Å². The molecule has 2 aliphatic rings. The van der Waals surface area contributed by atoms with E-state index in [1.807, 2.05) is 0 Å². The first-order chi connectivity index (χ1) is 2.97. The maximum Gasteiger partial charge on any atom is 0.0838 e. The fourth-order valence-corrected chi connectivity index (χ4v) is 0.796. The lowest BCUT2D eigenvalue weighted by Gasteiger charge is -1.74. The van der Waals surface area contributed by atoms with E-state index in [1.165, 1.54) is 12.8 Å². The Kier molecular flexibility index (Phi) is 0.396. The average molecular weight is 84.1 g/mol. The van der Waals surface area contributed by atoms with Crippen molar-refractivity contribution in [2.24, 2.45) is 5.92 Å². The summed E-state index contributed by atoms with van der Waals surface area (Å²) in [6.45, 7) is 1.06. The largest absolute Gasteiger partial charge is 0.373 e. The average Bonchev–Trinajstić information content (AvgIpc) is 2.26. The van der Waals surface area contributed by atoms with Gasteiger partial charge < -0.3 is 4.74 Å². The van der Waals surface area contributed by atoms with Gasteiger partial charge in [0.05, 0.1) is 12.7 Å². The number of hydrogen-bond donors (Lipinski definition) is 0. The minimum Gasteiger partial charge on any atom is -0.373 e. The van der Waals surface area contributed by atoms with Gasteiger partial charge in [-0.15, -0.1) is 0 Å². The molecule has 0 bridgehead atoms. The first kappa shape index (κ1) is 3.03. The highest BCUT2D eigenvalue weighted by Gasteiger charge is 2.39. The third-order valence-electron chi connectivity index (χ3n) is 1.51. The van der Waals surface area contributed by atoms with Crippen LogP contribution in [0.5, 0.6) is 0 Å². The Balaban J connectivity index is 1.92. The van der Waals surface area contributed by atoms with Gasteiger partial charge in [-0.25, -0.2) is 0 Å². The highest BCUT2D eigenvalue weighted by atomic mass is 16.6. The molecule has 1 aliphatic carbocycles. The second-order valence-corrected chi connectivity index (χ2v) is 2.21. The van der Waals surface area contributed by atoms with Gasteiger partial charge in [-0.2, -0.15) is 0 Å². The molecule has 34 valence electrons. The predicted octanol–water partition coefficient (Wildman–Crippen LogP) is 0.795. The summed E-state index contributed by atoms with van der Waals surface area (Å²) >= 11 is 0. The molecule has 1 heterocycles. The lowest BCUT2D eigenvalue weighted by molar-refractivity contribution is 0.387. The zero-order valence-corrected chi connectivity index (χ0v) is 3.68. The molecule has 1 unspecified atom stereocenters. The summed E-state index contributed by atoms with van der Waals surface area (Å²) in [6, 6.07) is 0. The van der Waals surface area contributed by atoms with Crippen molar-refractivity contribution in [3.8, 4) is 0 Å². The molecule has 1 nitrogen and oxygen atoms in total. The van der Waals surface area contributed by atoms with Gasteiger partial charge in [-0.1, -0.05) is 0 Å². The van der Waals surface area contributed by atoms with Crippen molar-refractivity contribution in [3.05, 3.63) is 0 Å². The van der Waals surface area contributed by atoms with Crippen LogP contribution in [0.15, 0.2) is 0 Å². The Bertz CT molecular complexity index is 52.3. The molecule has 0 aromatic rings. The third kappa shape index (κ3) is 0.350. The third-order valence-corrected chi connectivity index (χ3v) is 1.51. The van der Waals surface area contributed by atoms with Crippen LogP contribution in [-0.4, -0.2) is 12.7 Å². The molecule has 0 N–H and O–H groups in total. The molecule has 1 saturated carbocycles. The first-order valence-corrected chi connectivity index (χ1v) is 2.58. The van der Waals surface area contributed by atoms with E-state index in [0.29, 0.717) is 6.10 Å². The second kappa shape index (κ2) is 0.784. The molecule has 0 radical (unpaired) electrons. The second-order valence-electron chi connectivity index (χ2n) is 2.21. The van der Waals surface area contributed by atoms with E-state index in [-0.39, 0.29) is 0 Å². The number of rotatable bonds is 1. The zero-order valence-electron chi connectivity index (χ0n) is 3.68. The van der Waals surface area contributed by atoms with Crippen LogP contribution in [0.4, 0.5) is 0 Å². The van der Waals surface area contributed by atoms with Crippen LogP contribution in [0.25, 0.3) is 0 Å². The monoisotopic (exact) mass is 84.1 g/mol. The van der Waals surface area contributed by atoms with Crippen LogP contribution in [0.2, 0.25) is 0 Å². The van der Waals surface area contributed by atoms with Gasteiger partial charge in [-0.3, -0.25) is 0 Å². The van der Waals surface area contributed by atoms with Gasteiger partial charge in [-0.05, 0) is 18.8 Å². The summed E-state index contributed by atoms with van der Waals surface area (Å²) in [5.41, 5.74) is 0. The molecule has 2 rings (SSSR count). The smallest absolute Gasteiger partial charge is 0.0838 e. The normalized spacial score (nSPS) is 43.0. The Morgan fingerprint density at radius 2 is 2.00 bits per heavy atom. The maximum absolute atomic E-state index is 5.03. The van der Waals surface area contributed by atoms with Gasteiger partial charge in [0.15, 0.2) is 0 Å². The molecule has 6 heavy (non-hydrogen) atoms. The van der Waals surface area contributed by atoms with Crippen molar-refractivity contribution in [3.63, 3.8) is 0 Å². The highest BCUT2D eigenvalue weighted by Crippen LogP contribution is 2.39.